The molecule has 2 aromatic carbocycles. The number of hydrogen-bond donors (Lipinski definition) is 1. The second-order valence-electron chi connectivity index (χ2n) is 6.86. The summed E-state index contributed by atoms with van der Waals surface area (Å²) < 4.78 is 5.44. The number of allylic oxidation sites excluding steroid dienone is 1. The molecule has 0 bridgehead atoms. The van der Waals surface area contributed by atoms with Gasteiger partial charge in [-0.25, -0.2) is 4.79 Å². The summed E-state index contributed by atoms with van der Waals surface area (Å²) in [5.74, 6) is 0.662. The summed E-state index contributed by atoms with van der Waals surface area (Å²) in [5, 5.41) is 2.95. The normalized spacial score (nSPS) is 16.5. The maximum absolute atomic E-state index is 13.0. The minimum absolute atomic E-state index is 0.136. The Morgan fingerprint density at radius 2 is 1.79 bits per heavy atom. The molecule has 0 aliphatic carbocycles. The number of amides is 2. The van der Waals surface area contributed by atoms with Crippen LogP contribution < -0.4 is 10.1 Å². The lowest BCUT2D eigenvalue weighted by Crippen LogP contribution is -2.44. The molecule has 0 spiro atoms. The minimum Gasteiger partial charge on any atom is -0.494 e. The summed E-state index contributed by atoms with van der Waals surface area (Å²) in [7, 11) is 0. The monoisotopic (exact) mass is 390 g/mol. The third-order valence-electron chi connectivity index (χ3n) is 4.79. The predicted molar refractivity (Wildman–Crippen MR) is 115 cm³/mol. The van der Waals surface area contributed by atoms with Crippen molar-refractivity contribution < 1.29 is 14.3 Å². The van der Waals surface area contributed by atoms with Gasteiger partial charge in [-0.2, -0.15) is 0 Å². The van der Waals surface area contributed by atoms with E-state index in [9.17, 15) is 9.59 Å². The Hall–Kier alpha value is -3.34. The molecule has 1 unspecified atom stereocenters. The van der Waals surface area contributed by atoms with Crippen LogP contribution in [0.2, 0.25) is 0 Å². The molecule has 2 amide bonds. The number of ether oxygens (including phenoxy) is 1. The molecule has 0 saturated heterocycles. The first-order chi connectivity index (χ1) is 14.0. The number of aryl methyl sites for hydroxylation is 1. The van der Waals surface area contributed by atoms with Crippen LogP contribution in [-0.4, -0.2) is 29.9 Å². The van der Waals surface area contributed by atoms with Crippen molar-refractivity contribution in [3.63, 3.8) is 0 Å². The number of carbonyl (C=O) groups excluding carboxylic acids is 2. The lowest BCUT2D eigenvalue weighted by atomic mass is 9.93. The quantitative estimate of drug-likeness (QED) is 0.701. The second-order valence-corrected chi connectivity index (χ2v) is 6.86. The predicted octanol–water partition coefficient (Wildman–Crippen LogP) is 4.65. The van der Waals surface area contributed by atoms with Gasteiger partial charge in [0.1, 0.15) is 5.75 Å². The lowest BCUT2D eigenvalue weighted by molar-refractivity contribution is -0.111. The average Bonchev–Trinajstić information content (AvgIpc) is 2.73. The first kappa shape index (κ1) is 20.4. The second kappa shape index (κ2) is 9.24. The zero-order valence-corrected chi connectivity index (χ0v) is 17.0. The minimum atomic E-state index is -0.469. The molecule has 29 heavy (non-hydrogen) atoms. The van der Waals surface area contributed by atoms with Crippen molar-refractivity contribution in [2.24, 2.45) is 0 Å². The molecular formula is C24H26N2O3. The van der Waals surface area contributed by atoms with Gasteiger partial charge in [-0.3, -0.25) is 4.79 Å². The number of hydrogen-bond acceptors (Lipinski definition) is 3. The molecule has 3 rings (SSSR count). The molecule has 0 fully saturated rings. The fourth-order valence-electron chi connectivity index (χ4n) is 3.16. The summed E-state index contributed by atoms with van der Waals surface area (Å²) in [6, 6.07) is 14.7. The molecule has 0 aromatic heterocycles. The molecule has 150 valence electrons. The van der Waals surface area contributed by atoms with Crippen molar-refractivity contribution in [2.75, 3.05) is 13.2 Å². The Kier molecular flexibility index (Phi) is 6.50. The zero-order chi connectivity index (χ0) is 20.8. The summed E-state index contributed by atoms with van der Waals surface area (Å²) >= 11 is 0. The molecule has 1 N–H and O–H groups in total. The summed E-state index contributed by atoms with van der Waals surface area (Å²) in [5.41, 5.74) is 3.45. The number of nitrogens with one attached hydrogen (secondary N) is 1. The molecule has 5 nitrogen and oxygen atoms in total. The van der Waals surface area contributed by atoms with Gasteiger partial charge in [-0.15, -0.1) is 0 Å². The van der Waals surface area contributed by atoms with Gasteiger partial charge in [0.2, 0.25) is 0 Å². The van der Waals surface area contributed by atoms with Gasteiger partial charge < -0.3 is 15.0 Å². The fraction of sp³-hybridized carbons (Fsp3) is 0.250. The molecular weight excluding hydrogens is 364 g/mol. The van der Waals surface area contributed by atoms with Crippen LogP contribution in [0.15, 0.2) is 66.4 Å². The van der Waals surface area contributed by atoms with Crippen LogP contribution >= 0.6 is 0 Å². The SMILES string of the molecule is CCOc1ccc(/C=C/C(=O)C2=CN(CC)C(=O)NC2c2ccc(C)cc2)cc1. The number of urea groups is 1. The molecule has 1 aliphatic heterocycles. The van der Waals surface area contributed by atoms with Crippen LogP contribution in [0.25, 0.3) is 6.08 Å². The van der Waals surface area contributed by atoms with E-state index in [1.165, 1.54) is 4.90 Å². The van der Waals surface area contributed by atoms with Crippen molar-refractivity contribution in [2.45, 2.75) is 26.8 Å². The number of carbonyl (C=O) groups is 2. The Morgan fingerprint density at radius 3 is 2.41 bits per heavy atom. The Labute approximate surface area is 171 Å². The highest BCUT2D eigenvalue weighted by Gasteiger charge is 2.30. The van der Waals surface area contributed by atoms with E-state index in [2.05, 4.69) is 5.32 Å². The van der Waals surface area contributed by atoms with Gasteiger partial charge in [0.25, 0.3) is 0 Å². The maximum Gasteiger partial charge on any atom is 0.322 e. The Balaban J connectivity index is 1.85. The summed E-state index contributed by atoms with van der Waals surface area (Å²) in [6.07, 6.45) is 4.99. The maximum atomic E-state index is 13.0. The highest BCUT2D eigenvalue weighted by atomic mass is 16.5. The topological polar surface area (TPSA) is 58.6 Å². The van der Waals surface area contributed by atoms with Crippen LogP contribution in [-0.2, 0) is 4.79 Å². The van der Waals surface area contributed by atoms with E-state index in [0.29, 0.717) is 18.7 Å². The average molecular weight is 390 g/mol. The van der Waals surface area contributed by atoms with Crippen LogP contribution in [0.4, 0.5) is 4.79 Å². The third kappa shape index (κ3) is 4.93. The first-order valence-corrected chi connectivity index (χ1v) is 9.82. The van der Waals surface area contributed by atoms with Crippen molar-refractivity contribution in [3.05, 3.63) is 83.1 Å². The highest BCUT2D eigenvalue weighted by molar-refractivity contribution is 6.08. The molecule has 0 saturated carbocycles. The van der Waals surface area contributed by atoms with Gasteiger partial charge in [0.15, 0.2) is 5.78 Å². The molecule has 2 aromatic rings. The number of rotatable bonds is 7. The molecule has 1 heterocycles. The smallest absolute Gasteiger partial charge is 0.322 e. The van der Waals surface area contributed by atoms with Gasteiger partial charge in [0, 0.05) is 18.3 Å². The van der Waals surface area contributed by atoms with E-state index in [1.807, 2.05) is 69.3 Å². The van der Waals surface area contributed by atoms with E-state index in [1.54, 1.807) is 18.4 Å². The van der Waals surface area contributed by atoms with Crippen LogP contribution in [0.1, 0.15) is 36.6 Å². The van der Waals surface area contributed by atoms with Gasteiger partial charge in [0.05, 0.1) is 12.6 Å². The van der Waals surface area contributed by atoms with Crippen LogP contribution in [0, 0.1) is 6.92 Å². The van der Waals surface area contributed by atoms with Crippen molar-refractivity contribution in [3.8, 4) is 5.75 Å². The van der Waals surface area contributed by atoms with Gasteiger partial charge in [-0.05, 0) is 50.1 Å². The molecule has 0 radical (unpaired) electrons. The standard InChI is InChI=1S/C24H26N2O3/c1-4-26-16-21(23(25-24(26)28)19-11-6-17(3)7-12-19)22(27)15-10-18-8-13-20(14-9-18)29-5-2/h6-16,23H,4-5H2,1-3H3,(H,25,28)/b15-10+. The zero-order valence-electron chi connectivity index (χ0n) is 17.0. The van der Waals surface area contributed by atoms with Crippen LogP contribution in [0.5, 0.6) is 5.75 Å². The first-order valence-electron chi connectivity index (χ1n) is 9.82. The number of nitrogens with zero attached hydrogens (tertiary/aromatic N) is 1. The molecule has 1 atom stereocenters. The van der Waals surface area contributed by atoms with Gasteiger partial charge in [-0.1, -0.05) is 48.0 Å². The highest BCUT2D eigenvalue weighted by Crippen LogP contribution is 2.27. The van der Waals surface area contributed by atoms with E-state index in [4.69, 9.17) is 4.74 Å². The Morgan fingerprint density at radius 1 is 1.10 bits per heavy atom. The van der Waals surface area contributed by atoms with Crippen molar-refractivity contribution in [1.29, 1.82) is 0 Å². The van der Waals surface area contributed by atoms with E-state index >= 15 is 0 Å². The number of benzene rings is 2. The largest absolute Gasteiger partial charge is 0.494 e. The molecule has 1 aliphatic rings. The summed E-state index contributed by atoms with van der Waals surface area (Å²) in [4.78, 5) is 26.9. The summed E-state index contributed by atoms with van der Waals surface area (Å²) in [6.45, 7) is 6.92. The van der Waals surface area contributed by atoms with Crippen LogP contribution in [0.3, 0.4) is 0 Å². The fourth-order valence-corrected chi connectivity index (χ4v) is 3.16. The van der Waals surface area contributed by atoms with Gasteiger partial charge >= 0.3 is 6.03 Å². The third-order valence-corrected chi connectivity index (χ3v) is 4.79. The number of ketones is 1. The van der Waals surface area contributed by atoms with E-state index in [0.717, 1.165) is 22.4 Å². The Bertz CT molecular complexity index is 928. The van der Waals surface area contributed by atoms with E-state index in [-0.39, 0.29) is 11.8 Å². The van der Waals surface area contributed by atoms with E-state index < -0.39 is 6.04 Å². The molecule has 5 heteroatoms. The van der Waals surface area contributed by atoms with Crippen molar-refractivity contribution in [1.82, 2.24) is 10.2 Å². The lowest BCUT2D eigenvalue weighted by Gasteiger charge is -2.31. The van der Waals surface area contributed by atoms with Crippen molar-refractivity contribution >= 4 is 17.9 Å².